The molecule has 1 N–H and O–H groups in total. The molecule has 4 rings (SSSR count). The largest absolute Gasteiger partial charge is 0.322 e. The van der Waals surface area contributed by atoms with Crippen molar-refractivity contribution in [2.75, 3.05) is 21.9 Å². The molecule has 0 radical (unpaired) electrons. The molecule has 0 bridgehead atoms. The highest BCUT2D eigenvalue weighted by Gasteiger charge is 2.26. The maximum absolute atomic E-state index is 12.8. The normalized spacial score (nSPS) is 16.1. The lowest BCUT2D eigenvalue weighted by Gasteiger charge is -2.28. The van der Waals surface area contributed by atoms with Gasteiger partial charge in [0.05, 0.1) is 17.6 Å². The van der Waals surface area contributed by atoms with Crippen LogP contribution in [-0.4, -0.2) is 41.0 Å². The molecule has 0 atom stereocenters. The number of sulfonamides is 1. The number of carbonyl (C=O) groups excluding carboxylic acids is 1. The Balaban J connectivity index is 1.60. The topological polar surface area (TPSA) is 89.2 Å². The first-order chi connectivity index (χ1) is 13.5. The molecule has 1 aromatic carbocycles. The highest BCUT2D eigenvalue weighted by Crippen LogP contribution is 2.26. The van der Waals surface area contributed by atoms with Gasteiger partial charge in [-0.05, 0) is 43.2 Å². The number of benzene rings is 1. The Morgan fingerprint density at radius 2 is 1.93 bits per heavy atom. The summed E-state index contributed by atoms with van der Waals surface area (Å²) in [4.78, 5) is 12.8. The van der Waals surface area contributed by atoms with Crippen LogP contribution in [-0.2, 0) is 17.1 Å². The Morgan fingerprint density at radius 1 is 1.14 bits per heavy atom. The fourth-order valence-electron chi connectivity index (χ4n) is 3.39. The smallest absolute Gasteiger partial charge is 0.261 e. The summed E-state index contributed by atoms with van der Waals surface area (Å²) >= 11 is 0. The first-order valence-electron chi connectivity index (χ1n) is 9.03. The number of nitrogens with zero attached hydrogens (tertiary/aromatic N) is 4. The van der Waals surface area contributed by atoms with E-state index in [0.717, 1.165) is 6.42 Å². The van der Waals surface area contributed by atoms with E-state index in [4.69, 9.17) is 0 Å². The first kappa shape index (κ1) is 18.3. The number of aromatic nitrogens is 3. The minimum absolute atomic E-state index is 0.152. The average Bonchev–Trinajstić information content (AvgIpc) is 3.30. The number of nitrogens with one attached hydrogen (secondary N) is 1. The molecule has 0 unspecified atom stereocenters. The van der Waals surface area contributed by atoms with Crippen LogP contribution in [0.25, 0.3) is 5.82 Å². The van der Waals surface area contributed by atoms with Gasteiger partial charge < -0.3 is 9.88 Å². The SMILES string of the molecule is Cn1ncc(C(=O)Nc2cccc(N3CCCCS3(=O)=O)c2)c1-n1cccc1. The predicted octanol–water partition coefficient (Wildman–Crippen LogP) is 2.39. The lowest BCUT2D eigenvalue weighted by Crippen LogP contribution is -2.37. The Labute approximate surface area is 163 Å². The highest BCUT2D eigenvalue weighted by atomic mass is 32.2. The quantitative estimate of drug-likeness (QED) is 0.730. The van der Waals surface area contributed by atoms with Crippen LogP contribution in [0.5, 0.6) is 0 Å². The fraction of sp³-hybridized carbons (Fsp3) is 0.263. The van der Waals surface area contributed by atoms with E-state index in [1.807, 2.05) is 29.1 Å². The van der Waals surface area contributed by atoms with Gasteiger partial charge in [0, 0.05) is 31.7 Å². The average molecular weight is 399 g/mol. The number of rotatable bonds is 4. The number of amides is 1. The molecular weight excluding hydrogens is 378 g/mol. The van der Waals surface area contributed by atoms with Gasteiger partial charge >= 0.3 is 0 Å². The summed E-state index contributed by atoms with van der Waals surface area (Å²) in [6, 6.07) is 10.7. The molecule has 1 aliphatic heterocycles. The molecule has 146 valence electrons. The van der Waals surface area contributed by atoms with Gasteiger partial charge in [-0.15, -0.1) is 0 Å². The molecule has 0 aliphatic carbocycles. The standard InChI is InChI=1S/C19H21N5O3S/c1-22-19(23-9-2-3-10-23)17(14-20-22)18(25)21-15-7-6-8-16(13-15)24-11-4-5-12-28(24,26)27/h2-3,6-10,13-14H,4-5,11-12H2,1H3,(H,21,25). The van der Waals surface area contributed by atoms with Gasteiger partial charge in [-0.25, -0.2) is 8.42 Å². The molecule has 8 nitrogen and oxygen atoms in total. The van der Waals surface area contributed by atoms with Crippen LogP contribution in [0, 0.1) is 0 Å². The zero-order valence-corrected chi connectivity index (χ0v) is 16.3. The van der Waals surface area contributed by atoms with E-state index in [1.165, 1.54) is 10.5 Å². The van der Waals surface area contributed by atoms with Crippen molar-refractivity contribution in [2.45, 2.75) is 12.8 Å². The van der Waals surface area contributed by atoms with Crippen molar-refractivity contribution in [3.8, 4) is 5.82 Å². The molecule has 1 amide bonds. The number of aryl methyl sites for hydroxylation is 1. The van der Waals surface area contributed by atoms with Crippen LogP contribution in [0.15, 0.2) is 55.0 Å². The zero-order chi connectivity index (χ0) is 19.7. The van der Waals surface area contributed by atoms with Crippen LogP contribution in [0.1, 0.15) is 23.2 Å². The summed E-state index contributed by atoms with van der Waals surface area (Å²) in [7, 11) is -1.53. The summed E-state index contributed by atoms with van der Waals surface area (Å²) in [5, 5.41) is 7.05. The Bertz CT molecular complexity index is 1100. The summed E-state index contributed by atoms with van der Waals surface area (Å²) < 4.78 is 29.5. The van der Waals surface area contributed by atoms with Crippen molar-refractivity contribution < 1.29 is 13.2 Å². The maximum Gasteiger partial charge on any atom is 0.261 e. The molecule has 3 heterocycles. The van der Waals surface area contributed by atoms with Crippen molar-refractivity contribution >= 4 is 27.3 Å². The number of hydrogen-bond donors (Lipinski definition) is 1. The molecule has 1 saturated heterocycles. The Hall–Kier alpha value is -3.07. The van der Waals surface area contributed by atoms with Gasteiger partial charge in [-0.1, -0.05) is 6.07 Å². The Morgan fingerprint density at radius 3 is 2.68 bits per heavy atom. The van der Waals surface area contributed by atoms with Crippen LogP contribution < -0.4 is 9.62 Å². The summed E-state index contributed by atoms with van der Waals surface area (Å²) in [5.74, 6) is 0.493. The van der Waals surface area contributed by atoms with E-state index in [-0.39, 0.29) is 11.7 Å². The van der Waals surface area contributed by atoms with Crippen molar-refractivity contribution in [1.82, 2.24) is 14.3 Å². The number of carbonyl (C=O) groups is 1. The molecule has 1 aliphatic rings. The molecule has 0 spiro atoms. The van der Waals surface area contributed by atoms with Crippen molar-refractivity contribution in [1.29, 1.82) is 0 Å². The monoisotopic (exact) mass is 399 g/mol. The van der Waals surface area contributed by atoms with Crippen molar-refractivity contribution in [3.63, 3.8) is 0 Å². The van der Waals surface area contributed by atoms with Crippen LogP contribution in [0.4, 0.5) is 11.4 Å². The molecular formula is C19H21N5O3S. The summed E-state index contributed by atoms with van der Waals surface area (Å²) in [6.07, 6.45) is 6.71. The third-order valence-corrected chi connectivity index (χ3v) is 6.61. The molecule has 2 aromatic heterocycles. The van der Waals surface area contributed by atoms with Crippen molar-refractivity contribution in [2.24, 2.45) is 7.05 Å². The second kappa shape index (κ2) is 7.16. The van der Waals surface area contributed by atoms with Gasteiger partial charge in [-0.3, -0.25) is 13.8 Å². The lowest BCUT2D eigenvalue weighted by molar-refractivity contribution is 0.102. The van der Waals surface area contributed by atoms with Gasteiger partial charge in [0.1, 0.15) is 11.4 Å². The van der Waals surface area contributed by atoms with Gasteiger partial charge in [-0.2, -0.15) is 5.10 Å². The predicted molar refractivity (Wildman–Crippen MR) is 107 cm³/mol. The van der Waals surface area contributed by atoms with E-state index < -0.39 is 10.0 Å². The molecule has 3 aromatic rings. The highest BCUT2D eigenvalue weighted by molar-refractivity contribution is 7.92. The number of hydrogen-bond acceptors (Lipinski definition) is 4. The van der Waals surface area contributed by atoms with Crippen LogP contribution in [0.3, 0.4) is 0 Å². The third-order valence-electron chi connectivity index (χ3n) is 4.74. The maximum atomic E-state index is 12.8. The van der Waals surface area contributed by atoms with E-state index in [9.17, 15) is 13.2 Å². The molecule has 0 saturated carbocycles. The van der Waals surface area contributed by atoms with E-state index >= 15 is 0 Å². The number of anilines is 2. The second-order valence-corrected chi connectivity index (χ2v) is 8.71. The van der Waals surface area contributed by atoms with E-state index in [2.05, 4.69) is 10.4 Å². The first-order valence-corrected chi connectivity index (χ1v) is 10.6. The van der Waals surface area contributed by atoms with E-state index in [1.54, 1.807) is 36.0 Å². The fourth-order valence-corrected chi connectivity index (χ4v) is 5.02. The van der Waals surface area contributed by atoms with Crippen LogP contribution >= 0.6 is 0 Å². The molecule has 9 heteroatoms. The lowest BCUT2D eigenvalue weighted by atomic mass is 10.2. The summed E-state index contributed by atoms with van der Waals surface area (Å²) in [6.45, 7) is 0.458. The van der Waals surface area contributed by atoms with Crippen LogP contribution in [0.2, 0.25) is 0 Å². The van der Waals surface area contributed by atoms with E-state index in [0.29, 0.717) is 35.7 Å². The Kier molecular flexibility index (Phi) is 4.68. The van der Waals surface area contributed by atoms with Crippen molar-refractivity contribution in [3.05, 3.63) is 60.6 Å². The van der Waals surface area contributed by atoms with Gasteiger partial charge in [0.2, 0.25) is 10.0 Å². The van der Waals surface area contributed by atoms with Gasteiger partial charge in [0.25, 0.3) is 5.91 Å². The minimum Gasteiger partial charge on any atom is -0.322 e. The minimum atomic E-state index is -3.30. The second-order valence-electron chi connectivity index (χ2n) is 6.70. The third kappa shape index (κ3) is 3.40. The summed E-state index contributed by atoms with van der Waals surface area (Å²) in [5.41, 5.74) is 1.52. The zero-order valence-electron chi connectivity index (χ0n) is 15.4. The molecule has 1 fully saturated rings. The van der Waals surface area contributed by atoms with Gasteiger partial charge in [0.15, 0.2) is 0 Å². The molecule has 28 heavy (non-hydrogen) atoms.